The van der Waals surface area contributed by atoms with Crippen molar-refractivity contribution >= 4 is 17.6 Å². The molecule has 0 aliphatic heterocycles. The normalized spacial score (nSPS) is 10.5. The molecule has 0 amide bonds. The first-order valence-electron chi connectivity index (χ1n) is 4.93. The van der Waals surface area contributed by atoms with Crippen LogP contribution in [-0.4, -0.2) is 31.8 Å². The first-order valence-corrected chi connectivity index (χ1v) is 5.74. The summed E-state index contributed by atoms with van der Waals surface area (Å²) in [5, 5.41) is 10.5. The molecule has 0 atom stereocenters. The van der Waals surface area contributed by atoms with Crippen LogP contribution in [0, 0.1) is 6.92 Å². The third kappa shape index (κ3) is 2.47. The zero-order valence-corrected chi connectivity index (χ0v) is 10.5. The van der Waals surface area contributed by atoms with E-state index in [1.807, 2.05) is 6.92 Å². The lowest BCUT2D eigenvalue weighted by Gasteiger charge is -2.04. The van der Waals surface area contributed by atoms with Gasteiger partial charge in [-0.05, 0) is 18.7 Å². The van der Waals surface area contributed by atoms with Crippen LogP contribution in [0.25, 0.3) is 0 Å². The fourth-order valence-corrected chi connectivity index (χ4v) is 2.08. The van der Waals surface area contributed by atoms with Gasteiger partial charge in [0.1, 0.15) is 16.7 Å². The van der Waals surface area contributed by atoms with Gasteiger partial charge in [0, 0.05) is 20.2 Å². The Kier molecular flexibility index (Phi) is 3.14. The lowest BCUT2D eigenvalue weighted by atomic mass is 10.5. The Morgan fingerprint density at radius 2 is 2.24 bits per heavy atom. The van der Waals surface area contributed by atoms with Gasteiger partial charge in [0.25, 0.3) is 0 Å². The van der Waals surface area contributed by atoms with Gasteiger partial charge in [-0.2, -0.15) is 0 Å². The Hall–Kier alpha value is -1.83. The van der Waals surface area contributed by atoms with Crippen LogP contribution in [0.15, 0.2) is 21.0 Å². The van der Waals surface area contributed by atoms with Crippen LogP contribution in [0.2, 0.25) is 0 Å². The quantitative estimate of drug-likeness (QED) is 0.769. The van der Waals surface area contributed by atoms with E-state index in [4.69, 9.17) is 0 Å². The molecule has 17 heavy (non-hydrogen) atoms. The molecule has 0 spiro atoms. The van der Waals surface area contributed by atoms with Crippen molar-refractivity contribution in [3.05, 3.63) is 22.4 Å². The van der Waals surface area contributed by atoms with E-state index in [1.54, 1.807) is 20.2 Å². The van der Waals surface area contributed by atoms with Crippen LogP contribution in [-0.2, 0) is 7.05 Å². The standard InChI is InChI=1S/C9H12N6OS/c1-5-11-6(10-2)4-7(12-5)17-9-14-13-8(16)15(9)3/h4H,1-3H3,(H,13,16)(H,10,11,12). The Morgan fingerprint density at radius 1 is 1.47 bits per heavy atom. The molecule has 7 nitrogen and oxygen atoms in total. The first kappa shape index (κ1) is 11.6. The lowest BCUT2D eigenvalue weighted by molar-refractivity contribution is 0.764. The van der Waals surface area contributed by atoms with Crippen molar-refractivity contribution in [3.8, 4) is 0 Å². The van der Waals surface area contributed by atoms with Gasteiger partial charge in [-0.1, -0.05) is 0 Å². The summed E-state index contributed by atoms with van der Waals surface area (Å²) < 4.78 is 1.43. The highest BCUT2D eigenvalue weighted by Gasteiger charge is 2.08. The number of anilines is 1. The number of aryl methyl sites for hydroxylation is 1. The van der Waals surface area contributed by atoms with Crippen LogP contribution >= 0.6 is 11.8 Å². The first-order chi connectivity index (χ1) is 8.10. The highest BCUT2D eigenvalue weighted by molar-refractivity contribution is 7.99. The summed E-state index contributed by atoms with van der Waals surface area (Å²) in [7, 11) is 3.45. The van der Waals surface area contributed by atoms with Crippen molar-refractivity contribution in [3.63, 3.8) is 0 Å². The fraction of sp³-hybridized carbons (Fsp3) is 0.333. The summed E-state index contributed by atoms with van der Waals surface area (Å²) in [4.78, 5) is 19.7. The molecule has 2 aromatic heterocycles. The molecule has 0 saturated carbocycles. The number of hydrogen-bond donors (Lipinski definition) is 2. The molecule has 0 aromatic carbocycles. The molecule has 2 rings (SSSR count). The molecule has 0 aliphatic carbocycles. The van der Waals surface area contributed by atoms with E-state index in [-0.39, 0.29) is 5.69 Å². The minimum atomic E-state index is -0.243. The summed E-state index contributed by atoms with van der Waals surface area (Å²) in [5.74, 6) is 1.40. The van der Waals surface area contributed by atoms with Crippen molar-refractivity contribution in [2.45, 2.75) is 17.1 Å². The Morgan fingerprint density at radius 3 is 2.82 bits per heavy atom. The largest absolute Gasteiger partial charge is 0.373 e. The zero-order valence-electron chi connectivity index (χ0n) is 9.68. The molecule has 0 aliphatic rings. The molecule has 2 N–H and O–H groups in total. The SMILES string of the molecule is CNc1cc(Sc2n[nH]c(=O)n2C)nc(C)n1. The second kappa shape index (κ2) is 4.58. The Bertz CT molecular complexity index is 589. The number of hydrogen-bond acceptors (Lipinski definition) is 6. The Balaban J connectivity index is 2.33. The molecule has 0 radical (unpaired) electrons. The summed E-state index contributed by atoms with van der Waals surface area (Å²) in [5.41, 5.74) is -0.243. The van der Waals surface area contributed by atoms with E-state index < -0.39 is 0 Å². The average Bonchev–Trinajstić information content (AvgIpc) is 2.60. The van der Waals surface area contributed by atoms with Crippen molar-refractivity contribution in [1.82, 2.24) is 24.7 Å². The van der Waals surface area contributed by atoms with E-state index >= 15 is 0 Å². The second-order valence-electron chi connectivity index (χ2n) is 3.36. The van der Waals surface area contributed by atoms with Gasteiger partial charge in [0.05, 0.1) is 0 Å². The number of aromatic amines is 1. The van der Waals surface area contributed by atoms with Gasteiger partial charge >= 0.3 is 5.69 Å². The van der Waals surface area contributed by atoms with Crippen LogP contribution in [0.5, 0.6) is 0 Å². The molecule has 0 saturated heterocycles. The number of aromatic nitrogens is 5. The Labute approximate surface area is 102 Å². The molecule has 0 bridgehead atoms. The lowest BCUT2D eigenvalue weighted by Crippen LogP contribution is -2.12. The van der Waals surface area contributed by atoms with Crippen molar-refractivity contribution in [2.24, 2.45) is 7.05 Å². The fourth-order valence-electron chi connectivity index (χ4n) is 1.24. The third-order valence-corrected chi connectivity index (χ3v) is 3.07. The minimum Gasteiger partial charge on any atom is -0.373 e. The van der Waals surface area contributed by atoms with E-state index in [1.165, 1.54) is 16.3 Å². The predicted molar refractivity (Wildman–Crippen MR) is 64.3 cm³/mol. The highest BCUT2D eigenvalue weighted by atomic mass is 32.2. The molecular formula is C9H12N6OS. The second-order valence-corrected chi connectivity index (χ2v) is 4.35. The van der Waals surface area contributed by atoms with Crippen LogP contribution in [0.3, 0.4) is 0 Å². The van der Waals surface area contributed by atoms with E-state index in [0.29, 0.717) is 11.0 Å². The van der Waals surface area contributed by atoms with Gasteiger partial charge in [-0.25, -0.2) is 19.9 Å². The molecule has 0 unspecified atom stereocenters. The van der Waals surface area contributed by atoms with E-state index in [2.05, 4.69) is 25.5 Å². The number of nitrogens with zero attached hydrogens (tertiary/aromatic N) is 4. The van der Waals surface area contributed by atoms with Gasteiger partial charge < -0.3 is 5.32 Å². The average molecular weight is 252 g/mol. The van der Waals surface area contributed by atoms with Crippen LogP contribution < -0.4 is 11.0 Å². The molecule has 90 valence electrons. The molecule has 2 aromatic rings. The molecule has 8 heteroatoms. The predicted octanol–water partition coefficient (Wildman–Crippen LogP) is 0.400. The van der Waals surface area contributed by atoms with Crippen molar-refractivity contribution in [2.75, 3.05) is 12.4 Å². The number of rotatable bonds is 3. The molecule has 0 fully saturated rings. The van der Waals surface area contributed by atoms with Gasteiger partial charge in [-0.3, -0.25) is 4.57 Å². The minimum absolute atomic E-state index is 0.243. The maximum absolute atomic E-state index is 11.2. The van der Waals surface area contributed by atoms with Crippen LogP contribution in [0.1, 0.15) is 5.82 Å². The summed E-state index contributed by atoms with van der Waals surface area (Å²) >= 11 is 1.31. The molecule has 2 heterocycles. The maximum Gasteiger partial charge on any atom is 0.343 e. The summed E-state index contributed by atoms with van der Waals surface area (Å²) in [6.45, 7) is 1.81. The third-order valence-electron chi connectivity index (χ3n) is 2.11. The number of H-pyrrole nitrogens is 1. The van der Waals surface area contributed by atoms with E-state index in [0.717, 1.165) is 10.8 Å². The smallest absolute Gasteiger partial charge is 0.343 e. The zero-order chi connectivity index (χ0) is 12.4. The molecular weight excluding hydrogens is 240 g/mol. The monoisotopic (exact) mass is 252 g/mol. The van der Waals surface area contributed by atoms with Gasteiger partial charge in [0.2, 0.25) is 0 Å². The van der Waals surface area contributed by atoms with Crippen molar-refractivity contribution in [1.29, 1.82) is 0 Å². The van der Waals surface area contributed by atoms with Gasteiger partial charge in [0.15, 0.2) is 5.16 Å². The summed E-state index contributed by atoms with van der Waals surface area (Å²) in [6, 6.07) is 1.80. The topological polar surface area (TPSA) is 88.5 Å². The summed E-state index contributed by atoms with van der Waals surface area (Å²) in [6.07, 6.45) is 0. The maximum atomic E-state index is 11.2. The van der Waals surface area contributed by atoms with Crippen molar-refractivity contribution < 1.29 is 0 Å². The highest BCUT2D eigenvalue weighted by Crippen LogP contribution is 2.24. The van der Waals surface area contributed by atoms with Crippen LogP contribution in [0.4, 0.5) is 5.82 Å². The number of nitrogens with one attached hydrogen (secondary N) is 2. The van der Waals surface area contributed by atoms with Gasteiger partial charge in [-0.15, -0.1) is 5.10 Å². The van der Waals surface area contributed by atoms with E-state index in [9.17, 15) is 4.79 Å².